The molecule has 1 aliphatic rings. The monoisotopic (exact) mass is 445 g/mol. The topological polar surface area (TPSA) is 70.7 Å². The van der Waals surface area contributed by atoms with Gasteiger partial charge in [-0.3, -0.25) is 4.79 Å². The molecule has 28 heavy (non-hydrogen) atoms. The van der Waals surface area contributed by atoms with Crippen LogP contribution in [0.15, 0.2) is 53.0 Å². The molecule has 2 N–H and O–H groups in total. The Bertz CT molecular complexity index is 820. The Morgan fingerprint density at radius 2 is 1.79 bits per heavy atom. The molecule has 0 radical (unpaired) electrons. The van der Waals surface area contributed by atoms with E-state index in [-0.39, 0.29) is 18.0 Å². The second kappa shape index (κ2) is 9.71. The molecule has 0 aliphatic carbocycles. The van der Waals surface area contributed by atoms with Gasteiger partial charge in [0.1, 0.15) is 0 Å². The van der Waals surface area contributed by atoms with Gasteiger partial charge >= 0.3 is 6.03 Å². The zero-order valence-electron chi connectivity index (χ0n) is 15.8. The number of urea groups is 1. The van der Waals surface area contributed by atoms with E-state index in [1.165, 1.54) is 0 Å². The minimum atomic E-state index is -0.277. The van der Waals surface area contributed by atoms with Crippen LogP contribution in [0.3, 0.4) is 0 Å². The zero-order chi connectivity index (χ0) is 19.9. The fraction of sp³-hybridized carbons (Fsp3) is 0.333. The molecule has 0 bridgehead atoms. The van der Waals surface area contributed by atoms with E-state index in [9.17, 15) is 9.59 Å². The average Bonchev–Trinajstić information content (AvgIpc) is 2.70. The highest BCUT2D eigenvalue weighted by atomic mass is 79.9. The summed E-state index contributed by atoms with van der Waals surface area (Å²) >= 11 is 3.50. The third kappa shape index (κ3) is 5.56. The summed E-state index contributed by atoms with van der Waals surface area (Å²) in [5, 5.41) is 5.75. The quantitative estimate of drug-likeness (QED) is 0.736. The second-order valence-electron chi connectivity index (χ2n) is 6.71. The average molecular weight is 446 g/mol. The molecule has 1 saturated heterocycles. The normalized spacial score (nSPS) is 15.0. The molecule has 1 heterocycles. The number of benzene rings is 2. The minimum Gasteiger partial charge on any atom is -0.378 e. The summed E-state index contributed by atoms with van der Waals surface area (Å²) < 4.78 is 6.23. The summed E-state index contributed by atoms with van der Waals surface area (Å²) in [4.78, 5) is 26.4. The summed E-state index contributed by atoms with van der Waals surface area (Å²) in [5.74, 6) is 0.101. The largest absolute Gasteiger partial charge is 0.378 e. The zero-order valence-corrected chi connectivity index (χ0v) is 17.4. The minimum absolute atomic E-state index is 0.101. The molecule has 3 rings (SSSR count). The van der Waals surface area contributed by atoms with Crippen molar-refractivity contribution in [3.8, 4) is 0 Å². The van der Waals surface area contributed by atoms with Gasteiger partial charge in [0.05, 0.1) is 25.7 Å². The Balaban J connectivity index is 1.51. The van der Waals surface area contributed by atoms with Gasteiger partial charge in [0, 0.05) is 23.2 Å². The van der Waals surface area contributed by atoms with E-state index in [1.54, 1.807) is 0 Å². The lowest BCUT2D eigenvalue weighted by atomic mass is 10.1. The van der Waals surface area contributed by atoms with Crippen molar-refractivity contribution in [2.45, 2.75) is 19.4 Å². The number of morpholine rings is 1. The summed E-state index contributed by atoms with van der Waals surface area (Å²) in [6.45, 7) is 4.42. The molecule has 1 fully saturated rings. The van der Waals surface area contributed by atoms with Crippen molar-refractivity contribution in [2.24, 2.45) is 0 Å². The lowest BCUT2D eigenvalue weighted by molar-refractivity contribution is -0.134. The van der Waals surface area contributed by atoms with Crippen LogP contribution < -0.4 is 10.6 Å². The van der Waals surface area contributed by atoms with Crippen molar-refractivity contribution in [1.29, 1.82) is 0 Å². The van der Waals surface area contributed by atoms with Gasteiger partial charge in [0.15, 0.2) is 0 Å². The van der Waals surface area contributed by atoms with Crippen molar-refractivity contribution < 1.29 is 14.3 Å². The van der Waals surface area contributed by atoms with Crippen LogP contribution in [0.25, 0.3) is 0 Å². The van der Waals surface area contributed by atoms with Crippen LogP contribution in [0.2, 0.25) is 0 Å². The van der Waals surface area contributed by atoms with Gasteiger partial charge in [-0.1, -0.05) is 46.3 Å². The van der Waals surface area contributed by atoms with Crippen molar-refractivity contribution in [3.63, 3.8) is 0 Å². The molecule has 7 heteroatoms. The molecular formula is C21H24BrN3O3. The predicted molar refractivity (Wildman–Crippen MR) is 112 cm³/mol. The number of amides is 3. The van der Waals surface area contributed by atoms with Crippen LogP contribution in [0, 0.1) is 0 Å². The Morgan fingerprint density at radius 1 is 1.11 bits per heavy atom. The van der Waals surface area contributed by atoms with E-state index in [2.05, 4.69) is 26.6 Å². The number of hydrogen-bond donors (Lipinski definition) is 2. The second-order valence-corrected chi connectivity index (χ2v) is 7.56. The van der Waals surface area contributed by atoms with Gasteiger partial charge in [0.25, 0.3) is 0 Å². The lowest BCUT2D eigenvalue weighted by Crippen LogP contribution is -2.41. The molecule has 2 aromatic carbocycles. The standard InChI is InChI=1S/C21H24BrN3O3/c1-15(18-4-2-3-5-19(18)22)23-21(27)24-17-8-6-16(7-9-17)14-20(26)25-10-12-28-13-11-25/h2-9,15H,10-14H2,1H3,(H2,23,24,27). The molecule has 0 saturated carbocycles. The number of rotatable bonds is 5. The fourth-order valence-electron chi connectivity index (χ4n) is 3.07. The molecule has 2 aromatic rings. The number of nitrogens with zero attached hydrogens (tertiary/aromatic N) is 1. The SMILES string of the molecule is CC(NC(=O)Nc1ccc(CC(=O)N2CCOCC2)cc1)c1ccccc1Br. The number of carbonyl (C=O) groups is 2. The van der Waals surface area contributed by atoms with Gasteiger partial charge < -0.3 is 20.3 Å². The Morgan fingerprint density at radius 3 is 2.46 bits per heavy atom. The Hall–Kier alpha value is -2.38. The first-order valence-corrected chi connectivity index (χ1v) is 10.1. The lowest BCUT2D eigenvalue weighted by Gasteiger charge is -2.26. The number of hydrogen-bond acceptors (Lipinski definition) is 3. The van der Waals surface area contributed by atoms with Crippen molar-refractivity contribution in [3.05, 3.63) is 64.1 Å². The van der Waals surface area contributed by atoms with E-state index in [0.717, 1.165) is 15.6 Å². The first kappa shape index (κ1) is 20.4. The number of carbonyl (C=O) groups excluding carboxylic acids is 2. The fourth-order valence-corrected chi connectivity index (χ4v) is 3.70. The van der Waals surface area contributed by atoms with Crippen LogP contribution in [0.5, 0.6) is 0 Å². The molecule has 0 aromatic heterocycles. The van der Waals surface area contributed by atoms with Gasteiger partial charge in [-0.25, -0.2) is 4.79 Å². The van der Waals surface area contributed by atoms with Crippen molar-refractivity contribution in [1.82, 2.24) is 10.2 Å². The summed E-state index contributed by atoms with van der Waals surface area (Å²) in [6, 6.07) is 14.7. The Kier molecular flexibility index (Phi) is 7.06. The summed E-state index contributed by atoms with van der Waals surface area (Å²) in [7, 11) is 0. The van der Waals surface area contributed by atoms with E-state index in [1.807, 2.05) is 60.4 Å². The molecular weight excluding hydrogens is 422 g/mol. The maximum absolute atomic E-state index is 12.3. The molecule has 6 nitrogen and oxygen atoms in total. The molecule has 0 spiro atoms. The summed E-state index contributed by atoms with van der Waals surface area (Å²) in [6.07, 6.45) is 0.353. The molecule has 1 atom stereocenters. The smallest absolute Gasteiger partial charge is 0.319 e. The first-order chi connectivity index (χ1) is 13.5. The predicted octanol–water partition coefficient (Wildman–Crippen LogP) is 3.73. The van der Waals surface area contributed by atoms with Gasteiger partial charge in [-0.2, -0.15) is 0 Å². The first-order valence-electron chi connectivity index (χ1n) is 9.29. The molecule has 148 valence electrons. The molecule has 1 unspecified atom stereocenters. The van der Waals surface area contributed by atoms with Gasteiger partial charge in [-0.15, -0.1) is 0 Å². The van der Waals surface area contributed by atoms with E-state index >= 15 is 0 Å². The van der Waals surface area contributed by atoms with Gasteiger partial charge in [-0.05, 0) is 36.2 Å². The highest BCUT2D eigenvalue weighted by Gasteiger charge is 2.17. The highest BCUT2D eigenvalue weighted by molar-refractivity contribution is 9.10. The number of ether oxygens (including phenoxy) is 1. The molecule has 3 amide bonds. The third-order valence-corrected chi connectivity index (χ3v) is 5.37. The highest BCUT2D eigenvalue weighted by Crippen LogP contribution is 2.22. The number of anilines is 1. The van der Waals surface area contributed by atoms with Crippen LogP contribution in [-0.4, -0.2) is 43.1 Å². The maximum Gasteiger partial charge on any atom is 0.319 e. The van der Waals surface area contributed by atoms with Gasteiger partial charge in [0.2, 0.25) is 5.91 Å². The number of halogens is 1. The number of nitrogens with one attached hydrogen (secondary N) is 2. The maximum atomic E-state index is 12.3. The van der Waals surface area contributed by atoms with Crippen LogP contribution in [-0.2, 0) is 16.0 Å². The van der Waals surface area contributed by atoms with Crippen molar-refractivity contribution in [2.75, 3.05) is 31.6 Å². The van der Waals surface area contributed by atoms with Crippen molar-refractivity contribution >= 4 is 33.6 Å². The third-order valence-electron chi connectivity index (χ3n) is 4.65. The van der Waals surface area contributed by atoms with Crippen LogP contribution in [0.4, 0.5) is 10.5 Å². The van der Waals surface area contributed by atoms with Crippen LogP contribution >= 0.6 is 15.9 Å². The Labute approximate surface area is 173 Å². The van der Waals surface area contributed by atoms with E-state index in [0.29, 0.717) is 38.4 Å². The van der Waals surface area contributed by atoms with E-state index < -0.39 is 0 Å². The summed E-state index contributed by atoms with van der Waals surface area (Å²) in [5.41, 5.74) is 2.61. The van der Waals surface area contributed by atoms with Crippen LogP contribution in [0.1, 0.15) is 24.1 Å². The molecule has 1 aliphatic heterocycles. The van der Waals surface area contributed by atoms with E-state index in [4.69, 9.17) is 4.74 Å².